The van der Waals surface area contributed by atoms with E-state index in [0.29, 0.717) is 5.92 Å². The molecule has 1 fully saturated rings. The van der Waals surface area contributed by atoms with E-state index < -0.39 is 4.92 Å². The molecule has 2 N–H and O–H groups in total. The largest absolute Gasteiger partial charge is 0.393 e. The summed E-state index contributed by atoms with van der Waals surface area (Å²) in [7, 11) is 0. The third-order valence-corrected chi connectivity index (χ3v) is 4.87. The first kappa shape index (κ1) is 17.3. The molecule has 5 heteroatoms. The van der Waals surface area contributed by atoms with Crippen LogP contribution in [0.1, 0.15) is 69.3 Å². The normalized spacial score (nSPS) is 18.7. The third kappa shape index (κ3) is 4.69. The Balaban J connectivity index is 2.17. The van der Waals surface area contributed by atoms with E-state index in [1.807, 2.05) is 0 Å². The van der Waals surface area contributed by atoms with Crippen LogP contribution < -0.4 is 5.73 Å². The number of benzene rings is 1. The molecule has 0 aromatic heterocycles. The maximum atomic E-state index is 10.9. The number of hydrogen-bond donors (Lipinski definition) is 1. The Labute approximate surface area is 137 Å². The summed E-state index contributed by atoms with van der Waals surface area (Å²) in [5.74, 6) is 0.0940. The van der Waals surface area contributed by atoms with Crippen molar-refractivity contribution in [3.05, 3.63) is 33.9 Å². The number of nitrogens with zero attached hydrogens (tertiary/aromatic N) is 2. The van der Waals surface area contributed by atoms with Crippen LogP contribution in [0.3, 0.4) is 0 Å². The number of nitro groups is 1. The van der Waals surface area contributed by atoms with Gasteiger partial charge < -0.3 is 5.73 Å². The number of nitriles is 1. The van der Waals surface area contributed by atoms with Crippen LogP contribution in [0.2, 0.25) is 0 Å². The van der Waals surface area contributed by atoms with Crippen LogP contribution in [0.25, 0.3) is 0 Å². The SMILES string of the molecule is N#CC(c1ccc([N+](=O)[O-])c(N)c1)C1CCCCCCCCC1. The third-order valence-electron chi connectivity index (χ3n) is 4.87. The van der Waals surface area contributed by atoms with E-state index in [9.17, 15) is 15.4 Å². The lowest BCUT2D eigenvalue weighted by Crippen LogP contribution is -2.13. The first-order valence-corrected chi connectivity index (χ1v) is 8.57. The standard InChI is InChI=1S/C18H25N3O2/c19-13-16(14-8-6-4-2-1-3-5-7-9-14)15-10-11-18(21(22)23)17(20)12-15/h10-12,14,16H,1-9,20H2. The molecule has 1 unspecified atom stereocenters. The van der Waals surface area contributed by atoms with Crippen molar-refractivity contribution in [3.63, 3.8) is 0 Å². The molecule has 1 aromatic carbocycles. The molecule has 0 amide bonds. The van der Waals surface area contributed by atoms with E-state index in [1.165, 1.54) is 38.2 Å². The zero-order valence-electron chi connectivity index (χ0n) is 13.5. The smallest absolute Gasteiger partial charge is 0.292 e. The van der Waals surface area contributed by atoms with Gasteiger partial charge >= 0.3 is 0 Å². The molecule has 0 aliphatic heterocycles. The van der Waals surface area contributed by atoms with E-state index in [0.717, 1.165) is 31.2 Å². The first-order valence-electron chi connectivity index (χ1n) is 8.57. The van der Waals surface area contributed by atoms with Crippen molar-refractivity contribution in [2.75, 3.05) is 5.73 Å². The van der Waals surface area contributed by atoms with Gasteiger partial charge in [-0.25, -0.2) is 0 Å². The van der Waals surface area contributed by atoms with Crippen molar-refractivity contribution in [2.45, 2.75) is 63.7 Å². The lowest BCUT2D eigenvalue weighted by molar-refractivity contribution is -0.383. The van der Waals surface area contributed by atoms with Gasteiger partial charge in [-0.2, -0.15) is 5.26 Å². The van der Waals surface area contributed by atoms with Crippen LogP contribution in [-0.4, -0.2) is 4.92 Å². The molecule has 1 saturated carbocycles. The van der Waals surface area contributed by atoms with Gasteiger partial charge in [0.05, 0.1) is 16.9 Å². The molecular formula is C18H25N3O2. The number of nitrogen functional groups attached to an aromatic ring is 1. The molecular weight excluding hydrogens is 290 g/mol. The molecule has 0 saturated heterocycles. The Kier molecular flexibility index (Phi) is 6.40. The van der Waals surface area contributed by atoms with Crippen LogP contribution >= 0.6 is 0 Å². The molecule has 23 heavy (non-hydrogen) atoms. The van der Waals surface area contributed by atoms with Crippen molar-refractivity contribution in [1.29, 1.82) is 5.26 Å². The summed E-state index contributed by atoms with van der Waals surface area (Å²) in [5, 5.41) is 20.6. The average Bonchev–Trinajstić information content (AvgIpc) is 2.54. The number of nitro benzene ring substituents is 1. The Hall–Kier alpha value is -2.09. The Morgan fingerprint density at radius 3 is 2.17 bits per heavy atom. The summed E-state index contributed by atoms with van der Waals surface area (Å²) in [4.78, 5) is 10.4. The fourth-order valence-electron chi connectivity index (χ4n) is 3.56. The summed E-state index contributed by atoms with van der Waals surface area (Å²) >= 11 is 0. The highest BCUT2D eigenvalue weighted by Crippen LogP contribution is 2.35. The van der Waals surface area contributed by atoms with E-state index >= 15 is 0 Å². The van der Waals surface area contributed by atoms with Crippen molar-refractivity contribution in [3.8, 4) is 6.07 Å². The minimum absolute atomic E-state index is 0.0867. The summed E-state index contributed by atoms with van der Waals surface area (Å²) in [6.07, 6.45) is 10.8. The highest BCUT2D eigenvalue weighted by atomic mass is 16.6. The fraction of sp³-hybridized carbons (Fsp3) is 0.611. The molecule has 1 aliphatic carbocycles. The van der Waals surface area contributed by atoms with Gasteiger partial charge in [-0.05, 0) is 30.4 Å². The fourth-order valence-corrected chi connectivity index (χ4v) is 3.56. The van der Waals surface area contributed by atoms with E-state index in [4.69, 9.17) is 5.73 Å². The molecule has 0 heterocycles. The van der Waals surface area contributed by atoms with E-state index in [-0.39, 0.29) is 17.3 Å². The number of hydrogen-bond acceptors (Lipinski definition) is 4. The molecule has 5 nitrogen and oxygen atoms in total. The van der Waals surface area contributed by atoms with Gasteiger partial charge in [-0.15, -0.1) is 0 Å². The maximum Gasteiger partial charge on any atom is 0.292 e. The van der Waals surface area contributed by atoms with Crippen molar-refractivity contribution in [2.24, 2.45) is 5.92 Å². The Bertz CT molecular complexity index is 570. The molecule has 0 bridgehead atoms. The lowest BCUT2D eigenvalue weighted by Gasteiger charge is -2.23. The predicted molar refractivity (Wildman–Crippen MR) is 90.9 cm³/mol. The number of rotatable bonds is 3. The second kappa shape index (κ2) is 8.52. The molecule has 0 radical (unpaired) electrons. The summed E-state index contributed by atoms with van der Waals surface area (Å²) < 4.78 is 0. The van der Waals surface area contributed by atoms with Gasteiger partial charge in [-0.1, -0.05) is 51.0 Å². The summed E-state index contributed by atoms with van der Waals surface area (Å²) in [6.45, 7) is 0. The van der Waals surface area contributed by atoms with Crippen LogP contribution in [0, 0.1) is 27.4 Å². The lowest BCUT2D eigenvalue weighted by atomic mass is 9.79. The monoisotopic (exact) mass is 315 g/mol. The van der Waals surface area contributed by atoms with E-state index in [2.05, 4.69) is 6.07 Å². The maximum absolute atomic E-state index is 10.9. The van der Waals surface area contributed by atoms with Crippen molar-refractivity contribution < 1.29 is 4.92 Å². The van der Waals surface area contributed by atoms with Crippen LogP contribution in [-0.2, 0) is 0 Å². The average molecular weight is 315 g/mol. The molecule has 1 aromatic rings. The summed E-state index contributed by atoms with van der Waals surface area (Å²) in [5.41, 5.74) is 6.67. The minimum Gasteiger partial charge on any atom is -0.393 e. The van der Waals surface area contributed by atoms with Gasteiger partial charge in [0.15, 0.2) is 0 Å². The molecule has 124 valence electrons. The second-order valence-corrected chi connectivity index (χ2v) is 6.49. The zero-order valence-corrected chi connectivity index (χ0v) is 13.5. The zero-order chi connectivity index (χ0) is 16.7. The molecule has 1 atom stereocenters. The first-order chi connectivity index (χ1) is 11.1. The van der Waals surface area contributed by atoms with E-state index in [1.54, 1.807) is 12.1 Å². The highest BCUT2D eigenvalue weighted by Gasteiger charge is 2.24. The van der Waals surface area contributed by atoms with Gasteiger partial charge in [0.2, 0.25) is 0 Å². The predicted octanol–water partition coefficient (Wildman–Crippen LogP) is 4.92. The highest BCUT2D eigenvalue weighted by molar-refractivity contribution is 5.60. The van der Waals surface area contributed by atoms with Gasteiger partial charge in [0.1, 0.15) is 5.69 Å². The summed E-state index contributed by atoms with van der Waals surface area (Å²) in [6, 6.07) is 7.16. The topological polar surface area (TPSA) is 92.9 Å². The van der Waals surface area contributed by atoms with Gasteiger partial charge in [0.25, 0.3) is 5.69 Å². The van der Waals surface area contributed by atoms with Crippen molar-refractivity contribution >= 4 is 11.4 Å². The molecule has 0 spiro atoms. The quantitative estimate of drug-likeness (QED) is 0.486. The minimum atomic E-state index is -0.482. The van der Waals surface area contributed by atoms with Crippen molar-refractivity contribution in [1.82, 2.24) is 0 Å². The Morgan fingerprint density at radius 1 is 1.13 bits per heavy atom. The van der Waals surface area contributed by atoms with Gasteiger partial charge in [-0.3, -0.25) is 10.1 Å². The van der Waals surface area contributed by atoms with Gasteiger partial charge in [0, 0.05) is 6.07 Å². The van der Waals surface area contributed by atoms with Crippen LogP contribution in [0.4, 0.5) is 11.4 Å². The number of anilines is 1. The van der Waals surface area contributed by atoms with Crippen LogP contribution in [0.5, 0.6) is 0 Å². The van der Waals surface area contributed by atoms with Crippen LogP contribution in [0.15, 0.2) is 18.2 Å². The Morgan fingerprint density at radius 2 is 1.70 bits per heavy atom. The molecule has 1 aliphatic rings. The molecule has 2 rings (SSSR count). The number of nitrogens with two attached hydrogens (primary N) is 1. The second-order valence-electron chi connectivity index (χ2n) is 6.49.